The van der Waals surface area contributed by atoms with E-state index in [1.165, 1.54) is 11.1 Å². The second kappa shape index (κ2) is 7.14. The fourth-order valence-electron chi connectivity index (χ4n) is 3.05. The molecule has 1 saturated heterocycles. The van der Waals surface area contributed by atoms with E-state index >= 15 is 0 Å². The van der Waals surface area contributed by atoms with Crippen molar-refractivity contribution >= 4 is 23.5 Å². The van der Waals surface area contributed by atoms with Crippen LogP contribution in [-0.4, -0.2) is 44.9 Å². The van der Waals surface area contributed by atoms with E-state index in [0.717, 1.165) is 5.69 Å². The Bertz CT molecular complexity index is 857. The molecule has 0 aliphatic carbocycles. The van der Waals surface area contributed by atoms with E-state index in [1.54, 1.807) is 4.68 Å². The van der Waals surface area contributed by atoms with Gasteiger partial charge in [-0.05, 0) is 18.6 Å². The monoisotopic (exact) mass is 354 g/mol. The van der Waals surface area contributed by atoms with E-state index in [9.17, 15) is 14.9 Å². The maximum Gasteiger partial charge on any atom is 0.407 e. The molecular weight excluding hydrogens is 336 g/mol. The van der Waals surface area contributed by atoms with Gasteiger partial charge in [0.2, 0.25) is 0 Å². The Kier molecular flexibility index (Phi) is 4.75. The molecule has 2 atom stereocenters. The molecule has 1 aromatic heterocycles. The SMILES string of the molecule is N#C[C@@H]1CN(C(=O)O)CC[C@H]1n1cc(C(N)=O)c(Nc2ccccc2)n1. The van der Waals surface area contributed by atoms with Gasteiger partial charge in [-0.1, -0.05) is 18.2 Å². The van der Waals surface area contributed by atoms with Gasteiger partial charge in [-0.25, -0.2) is 4.79 Å². The van der Waals surface area contributed by atoms with E-state index in [1.807, 2.05) is 30.3 Å². The first-order chi connectivity index (χ1) is 12.5. The predicted octanol–water partition coefficient (Wildman–Crippen LogP) is 1.79. The number of benzene rings is 1. The second-order valence-electron chi connectivity index (χ2n) is 6.05. The largest absolute Gasteiger partial charge is 0.465 e. The predicted molar refractivity (Wildman–Crippen MR) is 92.8 cm³/mol. The molecule has 0 radical (unpaired) electrons. The van der Waals surface area contributed by atoms with Crippen LogP contribution in [0.5, 0.6) is 0 Å². The number of hydrogen-bond acceptors (Lipinski definition) is 5. The van der Waals surface area contributed by atoms with Gasteiger partial charge in [0.15, 0.2) is 5.82 Å². The molecule has 3 rings (SSSR count). The minimum Gasteiger partial charge on any atom is -0.465 e. The zero-order valence-corrected chi connectivity index (χ0v) is 13.9. The molecular formula is C17H18N6O3. The van der Waals surface area contributed by atoms with Gasteiger partial charge in [-0.3, -0.25) is 9.48 Å². The molecule has 0 bridgehead atoms. The standard InChI is InChI=1S/C17H18N6O3/c18-8-11-9-22(17(25)26)7-6-14(11)23-10-13(15(19)24)16(21-23)20-12-4-2-1-3-5-12/h1-5,10-11,14H,6-7,9H2,(H2,19,24)(H,20,21)(H,25,26)/t11-,14-/m1/s1. The molecule has 2 aromatic rings. The summed E-state index contributed by atoms with van der Waals surface area (Å²) in [4.78, 5) is 24.1. The molecule has 1 aromatic carbocycles. The number of para-hydroxylation sites is 1. The van der Waals surface area contributed by atoms with Crippen molar-refractivity contribution in [3.05, 3.63) is 42.1 Å². The van der Waals surface area contributed by atoms with Crippen molar-refractivity contribution < 1.29 is 14.7 Å². The van der Waals surface area contributed by atoms with Crippen molar-refractivity contribution in [2.45, 2.75) is 12.5 Å². The van der Waals surface area contributed by atoms with Crippen LogP contribution in [0.1, 0.15) is 22.8 Å². The van der Waals surface area contributed by atoms with Crippen LogP contribution in [0.3, 0.4) is 0 Å². The van der Waals surface area contributed by atoms with Crippen LogP contribution in [0.15, 0.2) is 36.5 Å². The van der Waals surface area contributed by atoms with Crippen molar-refractivity contribution in [3.63, 3.8) is 0 Å². The Morgan fingerprint density at radius 3 is 2.69 bits per heavy atom. The van der Waals surface area contributed by atoms with Crippen molar-refractivity contribution in [2.24, 2.45) is 11.7 Å². The van der Waals surface area contributed by atoms with Gasteiger partial charge in [0, 0.05) is 25.0 Å². The molecule has 1 aliphatic heterocycles. The zero-order chi connectivity index (χ0) is 18.7. The number of nitrogens with zero attached hydrogens (tertiary/aromatic N) is 4. The summed E-state index contributed by atoms with van der Waals surface area (Å²) in [7, 11) is 0. The fraction of sp³-hybridized carbons (Fsp3) is 0.294. The van der Waals surface area contributed by atoms with E-state index in [-0.39, 0.29) is 18.2 Å². The Morgan fingerprint density at radius 2 is 2.08 bits per heavy atom. The lowest BCUT2D eigenvalue weighted by Gasteiger charge is -2.33. The number of aromatic nitrogens is 2. The van der Waals surface area contributed by atoms with Crippen molar-refractivity contribution in [2.75, 3.05) is 18.4 Å². The summed E-state index contributed by atoms with van der Waals surface area (Å²) >= 11 is 0. The van der Waals surface area contributed by atoms with E-state index < -0.39 is 17.9 Å². The highest BCUT2D eigenvalue weighted by atomic mass is 16.4. The molecule has 134 valence electrons. The summed E-state index contributed by atoms with van der Waals surface area (Å²) in [5, 5.41) is 26.0. The third kappa shape index (κ3) is 3.44. The van der Waals surface area contributed by atoms with Crippen LogP contribution >= 0.6 is 0 Å². The van der Waals surface area contributed by atoms with Crippen LogP contribution < -0.4 is 11.1 Å². The molecule has 0 unspecified atom stereocenters. The summed E-state index contributed by atoms with van der Waals surface area (Å²) in [5.41, 5.74) is 6.42. The van der Waals surface area contributed by atoms with Crippen LogP contribution in [0.2, 0.25) is 0 Å². The summed E-state index contributed by atoms with van der Waals surface area (Å²) in [5.74, 6) is -0.891. The maximum absolute atomic E-state index is 11.8. The Balaban J connectivity index is 1.88. The Hall–Kier alpha value is -3.54. The van der Waals surface area contributed by atoms with Crippen molar-refractivity contribution in [1.29, 1.82) is 5.26 Å². The minimum absolute atomic E-state index is 0.101. The Labute approximate surface area is 149 Å². The summed E-state index contributed by atoms with van der Waals surface area (Å²) < 4.78 is 1.54. The molecule has 1 fully saturated rings. The average molecular weight is 354 g/mol. The number of amides is 2. The van der Waals surface area contributed by atoms with E-state index in [4.69, 9.17) is 10.8 Å². The number of hydrogen-bond donors (Lipinski definition) is 3. The van der Waals surface area contributed by atoms with Gasteiger partial charge in [0.05, 0.1) is 18.0 Å². The molecule has 0 spiro atoms. The molecule has 9 nitrogen and oxygen atoms in total. The number of nitrogens with two attached hydrogens (primary N) is 1. The number of likely N-dealkylation sites (tertiary alicyclic amines) is 1. The number of carboxylic acid groups (broad SMARTS) is 1. The highest BCUT2D eigenvalue weighted by molar-refractivity contribution is 5.98. The zero-order valence-electron chi connectivity index (χ0n) is 13.9. The number of primary amides is 1. The van der Waals surface area contributed by atoms with Gasteiger partial charge in [0.1, 0.15) is 5.56 Å². The molecule has 2 heterocycles. The minimum atomic E-state index is -1.05. The molecule has 1 aliphatic rings. The van der Waals surface area contributed by atoms with Crippen molar-refractivity contribution in [1.82, 2.24) is 14.7 Å². The quantitative estimate of drug-likeness (QED) is 0.765. The summed E-state index contributed by atoms with van der Waals surface area (Å²) in [6, 6.07) is 11.0. The number of rotatable bonds is 4. The van der Waals surface area contributed by atoms with Crippen LogP contribution in [0.4, 0.5) is 16.3 Å². The van der Waals surface area contributed by atoms with Crippen LogP contribution in [0.25, 0.3) is 0 Å². The lowest BCUT2D eigenvalue weighted by Crippen LogP contribution is -2.43. The molecule has 9 heteroatoms. The first-order valence-electron chi connectivity index (χ1n) is 8.08. The number of nitriles is 1. The van der Waals surface area contributed by atoms with Gasteiger partial charge < -0.3 is 21.1 Å². The van der Waals surface area contributed by atoms with Gasteiger partial charge in [-0.2, -0.15) is 10.4 Å². The topological polar surface area (TPSA) is 137 Å². The summed E-state index contributed by atoms with van der Waals surface area (Å²) in [6.07, 6.45) is 0.891. The highest BCUT2D eigenvalue weighted by Gasteiger charge is 2.34. The lowest BCUT2D eigenvalue weighted by molar-refractivity contribution is 0.100. The second-order valence-corrected chi connectivity index (χ2v) is 6.05. The smallest absolute Gasteiger partial charge is 0.407 e. The number of carbonyl (C=O) groups excluding carboxylic acids is 1. The van der Waals surface area contributed by atoms with Crippen molar-refractivity contribution in [3.8, 4) is 6.07 Å². The first kappa shape index (κ1) is 17.3. The number of nitrogens with one attached hydrogen (secondary N) is 1. The van der Waals surface area contributed by atoms with Gasteiger partial charge >= 0.3 is 6.09 Å². The third-order valence-electron chi connectivity index (χ3n) is 4.39. The number of anilines is 2. The number of piperidine rings is 1. The molecule has 26 heavy (non-hydrogen) atoms. The Morgan fingerprint density at radius 1 is 1.35 bits per heavy atom. The third-order valence-corrected chi connectivity index (χ3v) is 4.39. The first-order valence-corrected chi connectivity index (χ1v) is 8.08. The normalized spacial score (nSPS) is 19.6. The number of carbonyl (C=O) groups is 2. The van der Waals surface area contributed by atoms with Crippen LogP contribution in [-0.2, 0) is 0 Å². The summed E-state index contributed by atoms with van der Waals surface area (Å²) in [6.45, 7) is 0.398. The van der Waals surface area contributed by atoms with E-state index in [2.05, 4.69) is 16.5 Å². The molecule has 4 N–H and O–H groups in total. The van der Waals surface area contributed by atoms with Gasteiger partial charge in [0.25, 0.3) is 5.91 Å². The fourth-order valence-corrected chi connectivity index (χ4v) is 3.05. The van der Waals surface area contributed by atoms with E-state index in [0.29, 0.717) is 18.8 Å². The maximum atomic E-state index is 11.8. The molecule has 2 amide bonds. The highest BCUT2D eigenvalue weighted by Crippen LogP contribution is 2.30. The van der Waals surface area contributed by atoms with Gasteiger partial charge in [-0.15, -0.1) is 0 Å². The average Bonchev–Trinajstić information content (AvgIpc) is 3.05. The molecule has 0 saturated carbocycles. The lowest BCUT2D eigenvalue weighted by atomic mass is 9.94. The van der Waals surface area contributed by atoms with Crippen LogP contribution in [0, 0.1) is 17.2 Å².